The summed E-state index contributed by atoms with van der Waals surface area (Å²) in [5, 5.41) is 3.65. The molecule has 0 aliphatic heterocycles. The third kappa shape index (κ3) is 2.60. The number of hydrogen-bond acceptors (Lipinski definition) is 3. The molecule has 0 aromatic carbocycles. The van der Waals surface area contributed by atoms with Gasteiger partial charge in [0, 0.05) is 12.3 Å². The molecule has 3 unspecified atom stereocenters. The molecule has 0 radical (unpaired) electrons. The van der Waals surface area contributed by atoms with Gasteiger partial charge in [-0.2, -0.15) is 0 Å². The first kappa shape index (κ1) is 14.3. The zero-order valence-electron chi connectivity index (χ0n) is 12.1. The van der Waals surface area contributed by atoms with E-state index in [1.807, 2.05) is 0 Å². The average molecular weight is 273 g/mol. The molecular formula is C14H27NO2S. The molecule has 0 spiro atoms. The highest BCUT2D eigenvalue weighted by Gasteiger charge is 2.58. The molecule has 0 aromatic rings. The van der Waals surface area contributed by atoms with Crippen molar-refractivity contribution in [3.8, 4) is 0 Å². The summed E-state index contributed by atoms with van der Waals surface area (Å²) in [5.41, 5.74) is 0.789. The maximum Gasteiger partial charge on any atom is 0.147 e. The van der Waals surface area contributed by atoms with Gasteiger partial charge in [-0.3, -0.25) is 0 Å². The second-order valence-corrected chi connectivity index (χ2v) is 9.55. The van der Waals surface area contributed by atoms with Crippen LogP contribution < -0.4 is 5.32 Å². The zero-order chi connectivity index (χ0) is 13.6. The van der Waals surface area contributed by atoms with Crippen molar-refractivity contribution in [2.45, 2.75) is 52.5 Å². The molecule has 106 valence electrons. The number of rotatable bonds is 5. The van der Waals surface area contributed by atoms with Crippen LogP contribution in [0.5, 0.6) is 0 Å². The lowest BCUT2D eigenvalue weighted by molar-refractivity contribution is 0.110. The third-order valence-corrected chi connectivity index (χ3v) is 6.34. The minimum atomic E-state index is -2.81. The largest absolute Gasteiger partial charge is 0.313 e. The van der Waals surface area contributed by atoms with E-state index in [-0.39, 0.29) is 0 Å². The predicted molar refractivity (Wildman–Crippen MR) is 75.3 cm³/mol. The van der Waals surface area contributed by atoms with Crippen molar-refractivity contribution in [3.05, 3.63) is 0 Å². The topological polar surface area (TPSA) is 46.2 Å². The predicted octanol–water partition coefficient (Wildman–Crippen LogP) is 2.23. The Labute approximate surface area is 112 Å². The van der Waals surface area contributed by atoms with Gasteiger partial charge in [-0.05, 0) is 49.0 Å². The molecule has 1 N–H and O–H groups in total. The number of hydrogen-bond donors (Lipinski definition) is 1. The number of fused-ring (bicyclic) bond motifs is 2. The lowest BCUT2D eigenvalue weighted by atomic mass is 9.68. The molecule has 18 heavy (non-hydrogen) atoms. The minimum absolute atomic E-state index is 0.299. The lowest BCUT2D eigenvalue weighted by Crippen LogP contribution is -2.50. The number of sulfone groups is 1. The molecule has 3 atom stereocenters. The summed E-state index contributed by atoms with van der Waals surface area (Å²) in [6, 6.07) is 0.545. The van der Waals surface area contributed by atoms with Crippen molar-refractivity contribution < 1.29 is 8.42 Å². The van der Waals surface area contributed by atoms with Crippen molar-refractivity contribution in [1.29, 1.82) is 0 Å². The molecule has 2 saturated carbocycles. The molecule has 3 nitrogen and oxygen atoms in total. The lowest BCUT2D eigenvalue weighted by Gasteiger charge is -2.43. The van der Waals surface area contributed by atoms with Crippen molar-refractivity contribution in [2.24, 2.45) is 16.7 Å². The van der Waals surface area contributed by atoms with Crippen molar-refractivity contribution >= 4 is 9.84 Å². The van der Waals surface area contributed by atoms with Crippen LogP contribution >= 0.6 is 0 Å². The molecule has 0 aromatic heterocycles. The van der Waals surface area contributed by atoms with E-state index < -0.39 is 9.84 Å². The van der Waals surface area contributed by atoms with Crippen molar-refractivity contribution in [2.75, 3.05) is 18.6 Å². The summed E-state index contributed by atoms with van der Waals surface area (Å²) in [6.07, 6.45) is 6.07. The molecule has 2 aliphatic carbocycles. The van der Waals surface area contributed by atoms with Gasteiger partial charge in [0.1, 0.15) is 9.84 Å². The van der Waals surface area contributed by atoms with Crippen LogP contribution in [0.2, 0.25) is 0 Å². The first-order valence-electron chi connectivity index (χ1n) is 7.06. The number of nitrogens with one attached hydrogen (secondary N) is 1. The highest BCUT2D eigenvalue weighted by molar-refractivity contribution is 7.90. The van der Waals surface area contributed by atoms with Crippen LogP contribution in [-0.4, -0.2) is 33.0 Å². The molecule has 2 fully saturated rings. The van der Waals surface area contributed by atoms with Crippen LogP contribution in [-0.2, 0) is 9.84 Å². The van der Waals surface area contributed by atoms with Gasteiger partial charge in [-0.15, -0.1) is 0 Å². The highest BCUT2D eigenvalue weighted by Crippen LogP contribution is 2.62. The zero-order valence-corrected chi connectivity index (χ0v) is 12.9. The Kier molecular flexibility index (Phi) is 3.56. The quantitative estimate of drug-likeness (QED) is 0.781. The Bertz CT molecular complexity index is 411. The highest BCUT2D eigenvalue weighted by atomic mass is 32.2. The first-order chi connectivity index (χ1) is 8.15. The maximum atomic E-state index is 11.1. The van der Waals surface area contributed by atoms with E-state index in [2.05, 4.69) is 26.1 Å². The Morgan fingerprint density at radius 1 is 1.28 bits per heavy atom. The Morgan fingerprint density at radius 2 is 1.94 bits per heavy atom. The fraction of sp³-hybridized carbons (Fsp3) is 1.00. The van der Waals surface area contributed by atoms with Crippen LogP contribution in [0.1, 0.15) is 46.5 Å². The SMILES string of the molecule is CC12CCC(C1)C(C)(C)C2NCCCS(C)(=O)=O. The normalized spacial score (nSPS) is 38.2. The Balaban J connectivity index is 1.89. The molecule has 2 aliphatic rings. The molecule has 2 rings (SSSR count). The molecule has 0 amide bonds. The molecule has 0 heterocycles. The Hall–Kier alpha value is -0.0900. The average Bonchev–Trinajstić information content (AvgIpc) is 2.66. The molecule has 2 bridgehead atoms. The smallest absolute Gasteiger partial charge is 0.147 e. The van der Waals surface area contributed by atoms with Crippen LogP contribution in [0.25, 0.3) is 0 Å². The second kappa shape index (κ2) is 4.48. The monoisotopic (exact) mass is 273 g/mol. The standard InChI is InChI=1S/C14H27NO2S/c1-13(2)11-6-7-14(3,10-11)12(13)15-8-5-9-18(4,16)17/h11-12,15H,5-10H2,1-4H3. The fourth-order valence-electron chi connectivity index (χ4n) is 4.39. The van der Waals surface area contributed by atoms with E-state index in [9.17, 15) is 8.42 Å². The summed E-state index contributed by atoms with van der Waals surface area (Å²) in [4.78, 5) is 0. The van der Waals surface area contributed by atoms with Crippen LogP contribution in [0, 0.1) is 16.7 Å². The van der Waals surface area contributed by atoms with E-state index >= 15 is 0 Å². The van der Waals surface area contributed by atoms with Crippen molar-refractivity contribution in [1.82, 2.24) is 5.32 Å². The van der Waals surface area contributed by atoms with Gasteiger partial charge in [0.25, 0.3) is 0 Å². The summed E-state index contributed by atoms with van der Waals surface area (Å²) >= 11 is 0. The summed E-state index contributed by atoms with van der Waals surface area (Å²) in [7, 11) is -2.81. The van der Waals surface area contributed by atoms with E-state index in [1.54, 1.807) is 0 Å². The Morgan fingerprint density at radius 3 is 2.44 bits per heavy atom. The maximum absolute atomic E-state index is 11.1. The van der Waals surface area contributed by atoms with Gasteiger partial charge >= 0.3 is 0 Å². The molecule has 0 saturated heterocycles. The van der Waals surface area contributed by atoms with Crippen LogP contribution in [0.15, 0.2) is 0 Å². The summed E-state index contributed by atoms with van der Waals surface area (Å²) in [5.74, 6) is 1.14. The van der Waals surface area contributed by atoms with Gasteiger partial charge in [0.15, 0.2) is 0 Å². The van der Waals surface area contributed by atoms with E-state index in [0.29, 0.717) is 22.6 Å². The molecule has 4 heteroatoms. The second-order valence-electron chi connectivity index (χ2n) is 7.29. The van der Waals surface area contributed by atoms with Crippen LogP contribution in [0.4, 0.5) is 0 Å². The fourth-order valence-corrected chi connectivity index (χ4v) is 5.06. The van der Waals surface area contributed by atoms with Gasteiger partial charge in [-0.1, -0.05) is 20.8 Å². The van der Waals surface area contributed by atoms with Crippen LogP contribution in [0.3, 0.4) is 0 Å². The summed E-state index contributed by atoms with van der Waals surface area (Å²) in [6.45, 7) is 7.96. The van der Waals surface area contributed by atoms with Crippen molar-refractivity contribution in [3.63, 3.8) is 0 Å². The van der Waals surface area contributed by atoms with Gasteiger partial charge < -0.3 is 5.32 Å². The third-order valence-electron chi connectivity index (χ3n) is 5.31. The van der Waals surface area contributed by atoms with E-state index in [4.69, 9.17) is 0 Å². The van der Waals surface area contributed by atoms with Gasteiger partial charge in [0.2, 0.25) is 0 Å². The minimum Gasteiger partial charge on any atom is -0.313 e. The molecular weight excluding hydrogens is 246 g/mol. The van der Waals surface area contributed by atoms with Gasteiger partial charge in [-0.25, -0.2) is 8.42 Å². The van der Waals surface area contributed by atoms with E-state index in [1.165, 1.54) is 25.5 Å². The van der Waals surface area contributed by atoms with Gasteiger partial charge in [0.05, 0.1) is 5.75 Å². The van der Waals surface area contributed by atoms with E-state index in [0.717, 1.165) is 18.9 Å². The summed E-state index contributed by atoms with van der Waals surface area (Å²) < 4.78 is 22.2. The first-order valence-corrected chi connectivity index (χ1v) is 9.12.